The lowest BCUT2D eigenvalue weighted by atomic mass is 9.93. The summed E-state index contributed by atoms with van der Waals surface area (Å²) in [4.78, 5) is 16.3. The number of ether oxygens (including phenoxy) is 4. The molecule has 2 aliphatic rings. The van der Waals surface area contributed by atoms with Crippen molar-refractivity contribution in [3.63, 3.8) is 0 Å². The van der Waals surface area contributed by atoms with E-state index in [4.69, 9.17) is 18.9 Å². The third-order valence-corrected chi connectivity index (χ3v) is 5.99. The minimum absolute atomic E-state index is 0.0382. The number of rotatable bonds is 6. The molecule has 0 radical (unpaired) electrons. The first-order valence-corrected chi connectivity index (χ1v) is 11.4. The van der Waals surface area contributed by atoms with Crippen molar-refractivity contribution in [1.82, 2.24) is 4.98 Å². The number of aliphatic hydroxyl groups excluding tert-OH is 1. The van der Waals surface area contributed by atoms with Crippen LogP contribution in [0.5, 0.6) is 11.5 Å². The van der Waals surface area contributed by atoms with Gasteiger partial charge in [0.2, 0.25) is 0 Å². The summed E-state index contributed by atoms with van der Waals surface area (Å²) in [5.41, 5.74) is 2.21. The normalized spacial score (nSPS) is 17.2. The van der Waals surface area contributed by atoms with Crippen molar-refractivity contribution in [3.8, 4) is 11.5 Å². The highest BCUT2D eigenvalue weighted by Crippen LogP contribution is 2.34. The predicted octanol–water partition coefficient (Wildman–Crippen LogP) is 5.82. The molecule has 7 nitrogen and oxygen atoms in total. The van der Waals surface area contributed by atoms with Crippen molar-refractivity contribution in [1.29, 1.82) is 0 Å². The van der Waals surface area contributed by atoms with Crippen LogP contribution in [-0.2, 0) is 20.9 Å². The summed E-state index contributed by atoms with van der Waals surface area (Å²) >= 11 is 0. The number of allylic oxidation sites excluding steroid dienone is 4. The molecule has 2 heterocycles. The van der Waals surface area contributed by atoms with Crippen LogP contribution in [0.3, 0.4) is 0 Å². The number of esters is 1. The Labute approximate surface area is 202 Å². The number of aromatic nitrogens is 1. The van der Waals surface area contributed by atoms with E-state index in [1.54, 1.807) is 24.3 Å². The largest absolute Gasteiger partial charge is 0.507 e. The number of pyridine rings is 1. The molecule has 0 saturated carbocycles. The van der Waals surface area contributed by atoms with E-state index in [0.29, 0.717) is 42.9 Å². The van der Waals surface area contributed by atoms with Crippen molar-refractivity contribution in [3.05, 3.63) is 95.8 Å². The fourth-order valence-corrected chi connectivity index (χ4v) is 4.08. The Bertz CT molecular complexity index is 1360. The maximum absolute atomic E-state index is 11.7. The number of carbonyl (C=O) groups is 1. The number of nitrogens with zero attached hydrogens (tertiary/aromatic N) is 1. The fraction of sp³-hybridized carbons (Fsp3) is 0.214. The molecule has 7 heteroatoms. The number of fused-ring (bicyclic) bond motifs is 2. The predicted molar refractivity (Wildman–Crippen MR) is 130 cm³/mol. The molecular weight excluding hydrogens is 446 g/mol. The fourth-order valence-electron chi connectivity index (χ4n) is 4.08. The summed E-state index contributed by atoms with van der Waals surface area (Å²) in [5.74, 6) is 1.67. The molecule has 0 saturated heterocycles. The van der Waals surface area contributed by atoms with Gasteiger partial charge < -0.3 is 24.1 Å². The Balaban J connectivity index is 1.25. The molecule has 1 atom stereocenters. The van der Waals surface area contributed by atoms with Gasteiger partial charge in [-0.15, -0.1) is 0 Å². The molecule has 5 rings (SSSR count). The molecule has 2 aromatic carbocycles. The van der Waals surface area contributed by atoms with Gasteiger partial charge in [-0.3, -0.25) is 4.79 Å². The average Bonchev–Trinajstić information content (AvgIpc) is 3.05. The Hall–Kier alpha value is -4.26. The molecule has 1 aromatic heterocycles. The van der Waals surface area contributed by atoms with Gasteiger partial charge in [0.15, 0.2) is 0 Å². The Morgan fingerprint density at radius 1 is 1.14 bits per heavy atom. The molecule has 0 fully saturated rings. The lowest BCUT2D eigenvalue weighted by Crippen LogP contribution is -2.19. The molecule has 1 aliphatic heterocycles. The van der Waals surface area contributed by atoms with E-state index in [1.165, 1.54) is 13.2 Å². The molecule has 1 aliphatic carbocycles. The van der Waals surface area contributed by atoms with Crippen LogP contribution in [0.2, 0.25) is 0 Å². The molecule has 178 valence electrons. The Morgan fingerprint density at radius 2 is 2.03 bits per heavy atom. The van der Waals surface area contributed by atoms with E-state index in [2.05, 4.69) is 4.98 Å². The van der Waals surface area contributed by atoms with Gasteiger partial charge in [-0.2, -0.15) is 0 Å². The minimum Gasteiger partial charge on any atom is -0.507 e. The van der Waals surface area contributed by atoms with Gasteiger partial charge in [0, 0.05) is 17.9 Å². The smallest absolute Gasteiger partial charge is 0.308 e. The highest BCUT2D eigenvalue weighted by Gasteiger charge is 2.24. The van der Waals surface area contributed by atoms with E-state index in [1.807, 2.05) is 42.5 Å². The summed E-state index contributed by atoms with van der Waals surface area (Å²) in [6.07, 6.45) is 6.77. The number of methoxy groups -OCH3 is 1. The Kier molecular flexibility index (Phi) is 6.39. The SMILES string of the molecule is COC(=O)C1CC=C(OC2=CC=C(O)c3cc(OCc4ccc5ccccc5n4)ccc3O2)CC1. The molecule has 1 unspecified atom stereocenters. The summed E-state index contributed by atoms with van der Waals surface area (Å²) < 4.78 is 22.6. The highest BCUT2D eigenvalue weighted by molar-refractivity contribution is 5.78. The monoisotopic (exact) mass is 471 g/mol. The number of carbonyl (C=O) groups excluding carboxylic acids is 1. The number of hydrogen-bond acceptors (Lipinski definition) is 7. The Morgan fingerprint density at radius 3 is 2.86 bits per heavy atom. The zero-order valence-corrected chi connectivity index (χ0v) is 19.3. The van der Waals surface area contributed by atoms with E-state index in [0.717, 1.165) is 22.4 Å². The van der Waals surface area contributed by atoms with Crippen molar-refractivity contribution in [2.24, 2.45) is 5.92 Å². The quantitative estimate of drug-likeness (QED) is 0.453. The molecule has 3 aromatic rings. The topological polar surface area (TPSA) is 87.1 Å². The van der Waals surface area contributed by atoms with Gasteiger partial charge in [0.25, 0.3) is 5.95 Å². The van der Waals surface area contributed by atoms with Gasteiger partial charge in [0.05, 0.1) is 29.8 Å². The van der Waals surface area contributed by atoms with Crippen LogP contribution in [0.1, 0.15) is 30.5 Å². The minimum atomic E-state index is -0.207. The molecule has 35 heavy (non-hydrogen) atoms. The lowest BCUT2D eigenvalue weighted by molar-refractivity contribution is -0.145. The van der Waals surface area contributed by atoms with Crippen LogP contribution in [0.25, 0.3) is 16.7 Å². The summed E-state index contributed by atoms with van der Waals surface area (Å²) in [5, 5.41) is 11.6. The number of para-hydroxylation sites is 1. The van der Waals surface area contributed by atoms with Gasteiger partial charge in [-0.05, 0) is 55.3 Å². The van der Waals surface area contributed by atoms with Crippen molar-refractivity contribution >= 4 is 22.6 Å². The average molecular weight is 472 g/mol. The summed E-state index contributed by atoms with van der Waals surface area (Å²) in [7, 11) is 1.40. The van der Waals surface area contributed by atoms with Crippen molar-refractivity contribution in [2.75, 3.05) is 7.11 Å². The van der Waals surface area contributed by atoms with E-state index in [9.17, 15) is 9.90 Å². The first-order chi connectivity index (χ1) is 17.1. The molecule has 0 spiro atoms. The maximum atomic E-state index is 11.7. The number of aliphatic hydroxyl groups is 1. The summed E-state index contributed by atoms with van der Waals surface area (Å²) in [6.45, 7) is 0.294. The van der Waals surface area contributed by atoms with Crippen LogP contribution < -0.4 is 9.47 Å². The van der Waals surface area contributed by atoms with Crippen LogP contribution in [-0.4, -0.2) is 23.2 Å². The first-order valence-electron chi connectivity index (χ1n) is 11.4. The maximum Gasteiger partial charge on any atom is 0.308 e. The van der Waals surface area contributed by atoms with E-state index < -0.39 is 0 Å². The molecule has 0 bridgehead atoms. The van der Waals surface area contributed by atoms with Crippen molar-refractivity contribution in [2.45, 2.75) is 25.9 Å². The standard InChI is InChI=1S/C28H25NO6/c1-32-28(31)19-7-10-21(11-8-19)34-27-15-13-25(30)23-16-22(12-14-26(23)35-27)33-17-20-9-6-18-4-2-3-5-24(18)29-20/h2-6,9-10,12-16,19,30H,7-8,11,17H2,1H3. The number of benzene rings is 2. The lowest BCUT2D eigenvalue weighted by Gasteiger charge is -2.21. The second kappa shape index (κ2) is 9.93. The van der Waals surface area contributed by atoms with Gasteiger partial charge in [-0.25, -0.2) is 4.98 Å². The number of hydrogen-bond donors (Lipinski definition) is 1. The van der Waals surface area contributed by atoms with Crippen LogP contribution in [0.15, 0.2) is 84.5 Å². The molecule has 1 N–H and O–H groups in total. The zero-order valence-electron chi connectivity index (χ0n) is 19.3. The first kappa shape index (κ1) is 22.5. The van der Waals surface area contributed by atoms with Gasteiger partial charge in [-0.1, -0.05) is 24.3 Å². The highest BCUT2D eigenvalue weighted by atomic mass is 16.7. The van der Waals surface area contributed by atoms with Gasteiger partial charge in [0.1, 0.15) is 29.6 Å². The molecule has 0 amide bonds. The van der Waals surface area contributed by atoms with E-state index in [-0.39, 0.29) is 23.6 Å². The summed E-state index contributed by atoms with van der Waals surface area (Å²) in [6, 6.07) is 17.1. The third kappa shape index (κ3) is 5.14. The van der Waals surface area contributed by atoms with E-state index >= 15 is 0 Å². The third-order valence-electron chi connectivity index (χ3n) is 5.99. The van der Waals surface area contributed by atoms with Crippen LogP contribution >= 0.6 is 0 Å². The zero-order chi connectivity index (χ0) is 24.2. The van der Waals surface area contributed by atoms with Crippen molar-refractivity contribution < 1.29 is 28.8 Å². The second-order valence-electron chi connectivity index (χ2n) is 8.35. The van der Waals surface area contributed by atoms with Crippen LogP contribution in [0.4, 0.5) is 0 Å². The van der Waals surface area contributed by atoms with Gasteiger partial charge >= 0.3 is 5.97 Å². The van der Waals surface area contributed by atoms with Crippen LogP contribution in [0, 0.1) is 5.92 Å². The second-order valence-corrected chi connectivity index (χ2v) is 8.35. The molecular formula is C28H25NO6.